The Labute approximate surface area is 183 Å². The van der Waals surface area contributed by atoms with Gasteiger partial charge in [0.25, 0.3) is 5.91 Å². The molecule has 0 atom stereocenters. The van der Waals surface area contributed by atoms with Gasteiger partial charge in [-0.2, -0.15) is 13.2 Å². The molecule has 5 nitrogen and oxygen atoms in total. The van der Waals surface area contributed by atoms with E-state index < -0.39 is 29.2 Å². The van der Waals surface area contributed by atoms with Crippen LogP contribution in [0.5, 0.6) is 5.75 Å². The van der Waals surface area contributed by atoms with E-state index in [0.717, 1.165) is 23.3 Å². The van der Waals surface area contributed by atoms with E-state index in [9.17, 15) is 22.8 Å². The van der Waals surface area contributed by atoms with Gasteiger partial charge < -0.3 is 15.4 Å². The zero-order valence-electron chi connectivity index (χ0n) is 17.4. The third-order valence-corrected chi connectivity index (χ3v) is 4.48. The number of benzene rings is 3. The molecule has 3 aromatic carbocycles. The molecule has 2 amide bonds. The van der Waals surface area contributed by atoms with Crippen LogP contribution >= 0.6 is 0 Å². The van der Waals surface area contributed by atoms with Crippen molar-refractivity contribution in [3.8, 4) is 5.75 Å². The molecule has 0 bridgehead atoms. The van der Waals surface area contributed by atoms with Crippen LogP contribution in [0.25, 0.3) is 0 Å². The van der Waals surface area contributed by atoms with Gasteiger partial charge in [-0.3, -0.25) is 9.59 Å². The molecule has 0 saturated heterocycles. The van der Waals surface area contributed by atoms with Crippen molar-refractivity contribution < 1.29 is 27.5 Å². The van der Waals surface area contributed by atoms with Crippen molar-refractivity contribution in [2.75, 3.05) is 10.6 Å². The van der Waals surface area contributed by atoms with Gasteiger partial charge in [-0.05, 0) is 48.9 Å². The first-order chi connectivity index (χ1) is 15.1. The Morgan fingerprint density at radius 2 is 1.69 bits per heavy atom. The fraction of sp³-hybridized carbons (Fsp3) is 0.167. The molecule has 166 valence electrons. The Kier molecular flexibility index (Phi) is 6.82. The molecule has 0 fully saturated rings. The summed E-state index contributed by atoms with van der Waals surface area (Å²) < 4.78 is 46.2. The maximum Gasteiger partial charge on any atom is 0.418 e. The topological polar surface area (TPSA) is 67.4 Å². The van der Waals surface area contributed by atoms with E-state index in [0.29, 0.717) is 5.75 Å². The standard InChI is InChI=1S/C24H21F3N2O3/c1-15-5-3-6-17(11-15)14-32-20-8-4-7-18(12-20)23(31)29-22-10-9-19(28-16(2)30)13-21(22)24(25,26)27/h3-13H,14H2,1-2H3,(H,28,30)(H,29,31). The van der Waals surface area contributed by atoms with Gasteiger partial charge in [-0.25, -0.2) is 0 Å². The van der Waals surface area contributed by atoms with Gasteiger partial charge in [-0.15, -0.1) is 0 Å². The number of alkyl halides is 3. The van der Waals surface area contributed by atoms with Crippen molar-refractivity contribution in [3.05, 3.63) is 89.0 Å². The molecule has 0 aliphatic carbocycles. The number of hydrogen-bond acceptors (Lipinski definition) is 3. The van der Waals surface area contributed by atoms with Crippen LogP contribution in [0.15, 0.2) is 66.7 Å². The second kappa shape index (κ2) is 9.55. The highest BCUT2D eigenvalue weighted by Gasteiger charge is 2.34. The third kappa shape index (κ3) is 6.10. The highest BCUT2D eigenvalue weighted by Crippen LogP contribution is 2.37. The van der Waals surface area contributed by atoms with E-state index in [4.69, 9.17) is 4.74 Å². The predicted molar refractivity (Wildman–Crippen MR) is 116 cm³/mol. The first kappa shape index (κ1) is 22.9. The normalized spacial score (nSPS) is 11.0. The molecular formula is C24H21F3N2O3. The summed E-state index contributed by atoms with van der Waals surface area (Å²) in [6.07, 6.45) is -4.73. The van der Waals surface area contributed by atoms with Crippen LogP contribution < -0.4 is 15.4 Å². The van der Waals surface area contributed by atoms with Crippen molar-refractivity contribution in [2.24, 2.45) is 0 Å². The lowest BCUT2D eigenvalue weighted by Gasteiger charge is -2.16. The Morgan fingerprint density at radius 3 is 2.38 bits per heavy atom. The predicted octanol–water partition coefficient (Wildman–Crippen LogP) is 5.80. The number of amides is 2. The summed E-state index contributed by atoms with van der Waals surface area (Å²) in [6, 6.07) is 17.1. The van der Waals surface area contributed by atoms with E-state index in [2.05, 4.69) is 10.6 Å². The Morgan fingerprint density at radius 1 is 0.938 bits per heavy atom. The summed E-state index contributed by atoms with van der Waals surface area (Å²) in [5, 5.41) is 4.59. The second-order valence-corrected chi connectivity index (χ2v) is 7.20. The lowest BCUT2D eigenvalue weighted by molar-refractivity contribution is -0.137. The number of aryl methyl sites for hydroxylation is 1. The number of carbonyl (C=O) groups is 2. The van der Waals surface area contributed by atoms with Crippen LogP contribution in [-0.4, -0.2) is 11.8 Å². The number of ether oxygens (including phenoxy) is 1. The van der Waals surface area contributed by atoms with Crippen LogP contribution in [0, 0.1) is 6.92 Å². The van der Waals surface area contributed by atoms with Gasteiger partial charge in [0.2, 0.25) is 5.91 Å². The number of rotatable bonds is 6. The summed E-state index contributed by atoms with van der Waals surface area (Å²) in [7, 11) is 0. The summed E-state index contributed by atoms with van der Waals surface area (Å²) >= 11 is 0. The van der Waals surface area contributed by atoms with Crippen molar-refractivity contribution in [2.45, 2.75) is 26.6 Å². The molecule has 0 aliphatic heterocycles. The zero-order valence-corrected chi connectivity index (χ0v) is 17.4. The Hall–Kier alpha value is -3.81. The van der Waals surface area contributed by atoms with Gasteiger partial charge in [-0.1, -0.05) is 35.9 Å². The molecular weight excluding hydrogens is 421 g/mol. The summed E-state index contributed by atoms with van der Waals surface area (Å²) in [5.41, 5.74) is 0.685. The Bertz CT molecular complexity index is 1140. The van der Waals surface area contributed by atoms with Crippen LogP contribution in [0.3, 0.4) is 0 Å². The molecule has 0 radical (unpaired) electrons. The monoisotopic (exact) mass is 442 g/mol. The molecule has 32 heavy (non-hydrogen) atoms. The molecule has 0 unspecified atom stereocenters. The lowest BCUT2D eigenvalue weighted by Crippen LogP contribution is -2.17. The number of anilines is 2. The number of halogens is 3. The maximum atomic E-state index is 13.5. The van der Waals surface area contributed by atoms with Gasteiger partial charge in [0.1, 0.15) is 12.4 Å². The molecule has 0 heterocycles. The van der Waals surface area contributed by atoms with Gasteiger partial charge in [0.05, 0.1) is 11.3 Å². The van der Waals surface area contributed by atoms with Gasteiger partial charge in [0, 0.05) is 18.2 Å². The van der Waals surface area contributed by atoms with Crippen molar-refractivity contribution in [3.63, 3.8) is 0 Å². The zero-order chi connectivity index (χ0) is 23.3. The van der Waals surface area contributed by atoms with E-state index in [1.807, 2.05) is 31.2 Å². The van der Waals surface area contributed by atoms with Crippen molar-refractivity contribution >= 4 is 23.2 Å². The summed E-state index contributed by atoms with van der Waals surface area (Å²) in [6.45, 7) is 3.44. The van der Waals surface area contributed by atoms with Gasteiger partial charge >= 0.3 is 6.18 Å². The van der Waals surface area contributed by atoms with E-state index in [1.54, 1.807) is 12.1 Å². The second-order valence-electron chi connectivity index (χ2n) is 7.20. The van der Waals surface area contributed by atoms with Crippen LogP contribution in [-0.2, 0) is 17.6 Å². The third-order valence-electron chi connectivity index (χ3n) is 4.48. The molecule has 0 spiro atoms. The van der Waals surface area contributed by atoms with Crippen molar-refractivity contribution in [1.82, 2.24) is 0 Å². The van der Waals surface area contributed by atoms with Crippen LogP contribution in [0.1, 0.15) is 34.0 Å². The molecule has 0 saturated carbocycles. The average Bonchev–Trinajstić information content (AvgIpc) is 2.72. The van der Waals surface area contributed by atoms with Crippen molar-refractivity contribution in [1.29, 1.82) is 0 Å². The fourth-order valence-corrected chi connectivity index (χ4v) is 3.06. The first-order valence-electron chi connectivity index (χ1n) is 9.70. The van der Waals surface area contributed by atoms with E-state index >= 15 is 0 Å². The SMILES string of the molecule is CC(=O)Nc1ccc(NC(=O)c2cccc(OCc3cccc(C)c3)c2)c(C(F)(F)F)c1. The quantitative estimate of drug-likeness (QED) is 0.507. The number of hydrogen-bond donors (Lipinski definition) is 2. The highest BCUT2D eigenvalue weighted by atomic mass is 19.4. The van der Waals surface area contributed by atoms with E-state index in [-0.39, 0.29) is 17.9 Å². The largest absolute Gasteiger partial charge is 0.489 e. The fourth-order valence-electron chi connectivity index (χ4n) is 3.06. The molecule has 3 aromatic rings. The van der Waals surface area contributed by atoms with Crippen LogP contribution in [0.4, 0.5) is 24.5 Å². The molecule has 8 heteroatoms. The summed E-state index contributed by atoms with van der Waals surface area (Å²) in [5.74, 6) is -0.808. The number of carbonyl (C=O) groups excluding carboxylic acids is 2. The van der Waals surface area contributed by atoms with E-state index in [1.165, 1.54) is 25.1 Å². The van der Waals surface area contributed by atoms with Gasteiger partial charge in [0.15, 0.2) is 0 Å². The minimum atomic E-state index is -4.73. The summed E-state index contributed by atoms with van der Waals surface area (Å²) in [4.78, 5) is 23.8. The average molecular weight is 442 g/mol. The first-order valence-corrected chi connectivity index (χ1v) is 9.70. The molecule has 3 rings (SSSR count). The smallest absolute Gasteiger partial charge is 0.418 e. The Balaban J connectivity index is 1.77. The number of nitrogens with one attached hydrogen (secondary N) is 2. The molecule has 2 N–H and O–H groups in total. The van der Waals surface area contributed by atoms with Crippen LogP contribution in [0.2, 0.25) is 0 Å². The molecule has 0 aromatic heterocycles. The highest BCUT2D eigenvalue weighted by molar-refractivity contribution is 6.05. The lowest BCUT2D eigenvalue weighted by atomic mass is 10.1. The minimum Gasteiger partial charge on any atom is -0.489 e. The maximum absolute atomic E-state index is 13.5. The minimum absolute atomic E-state index is 0.0191. The molecule has 0 aliphatic rings.